The topological polar surface area (TPSA) is 36.4 Å². The van der Waals surface area contributed by atoms with Gasteiger partial charge in [-0.05, 0) is 51.7 Å². The van der Waals surface area contributed by atoms with Gasteiger partial charge in [-0.3, -0.25) is 4.99 Å². The van der Waals surface area contributed by atoms with Gasteiger partial charge in [0.25, 0.3) is 0 Å². The fraction of sp³-hybridized carbons (Fsp3) is 0.929. The summed E-state index contributed by atoms with van der Waals surface area (Å²) < 4.78 is 0. The maximum absolute atomic E-state index is 4.58. The standard InChI is InChI=1S/C14H27N3S/c1-3-15-14(16-11-6-4-7-11)17-12-8-5-9-13(10-12)18-2/h11-13H,3-10H2,1-2H3,(H2,15,16,17). The molecule has 2 N–H and O–H groups in total. The van der Waals surface area contributed by atoms with Gasteiger partial charge in [0.1, 0.15) is 0 Å². The van der Waals surface area contributed by atoms with Gasteiger partial charge in [0, 0.05) is 23.9 Å². The van der Waals surface area contributed by atoms with E-state index in [0.717, 1.165) is 17.8 Å². The Hall–Kier alpha value is -0.380. The molecule has 104 valence electrons. The molecule has 0 aliphatic heterocycles. The highest BCUT2D eigenvalue weighted by atomic mass is 32.2. The van der Waals surface area contributed by atoms with E-state index < -0.39 is 0 Å². The molecular weight excluding hydrogens is 242 g/mol. The van der Waals surface area contributed by atoms with Crippen LogP contribution in [0.3, 0.4) is 0 Å². The van der Waals surface area contributed by atoms with Crippen molar-refractivity contribution < 1.29 is 0 Å². The fourth-order valence-electron chi connectivity index (χ4n) is 2.72. The van der Waals surface area contributed by atoms with Gasteiger partial charge in [-0.1, -0.05) is 6.42 Å². The van der Waals surface area contributed by atoms with Crippen molar-refractivity contribution >= 4 is 17.7 Å². The molecule has 0 heterocycles. The molecule has 2 unspecified atom stereocenters. The van der Waals surface area contributed by atoms with Crippen molar-refractivity contribution in [3.63, 3.8) is 0 Å². The summed E-state index contributed by atoms with van der Waals surface area (Å²) in [5.74, 6) is 1.05. The van der Waals surface area contributed by atoms with Gasteiger partial charge in [-0.25, -0.2) is 0 Å². The highest BCUT2D eigenvalue weighted by Crippen LogP contribution is 2.27. The molecule has 2 rings (SSSR count). The number of rotatable bonds is 4. The van der Waals surface area contributed by atoms with Crippen LogP contribution in [0.2, 0.25) is 0 Å². The minimum atomic E-state index is 0.620. The smallest absolute Gasteiger partial charge is 0.191 e. The SMILES string of the molecule is CCN=C(NC1CCC1)NC1CCCC(SC)C1. The molecule has 2 aliphatic carbocycles. The normalized spacial score (nSPS) is 29.8. The van der Waals surface area contributed by atoms with E-state index in [9.17, 15) is 0 Å². The molecule has 0 aromatic heterocycles. The summed E-state index contributed by atoms with van der Waals surface area (Å²) in [5.41, 5.74) is 0. The van der Waals surface area contributed by atoms with Crippen molar-refractivity contribution in [3.8, 4) is 0 Å². The lowest BCUT2D eigenvalue weighted by molar-refractivity contribution is 0.369. The van der Waals surface area contributed by atoms with Crippen LogP contribution in [-0.2, 0) is 0 Å². The summed E-state index contributed by atoms with van der Waals surface area (Å²) in [7, 11) is 0. The molecule has 2 saturated carbocycles. The zero-order valence-corrected chi connectivity index (χ0v) is 12.6. The van der Waals surface area contributed by atoms with Crippen molar-refractivity contribution in [2.24, 2.45) is 4.99 Å². The van der Waals surface area contributed by atoms with Crippen LogP contribution in [0.1, 0.15) is 51.9 Å². The third kappa shape index (κ3) is 4.08. The van der Waals surface area contributed by atoms with Gasteiger partial charge in [0.15, 0.2) is 5.96 Å². The van der Waals surface area contributed by atoms with Gasteiger partial charge in [-0.2, -0.15) is 11.8 Å². The van der Waals surface area contributed by atoms with Crippen LogP contribution in [0.4, 0.5) is 0 Å². The van der Waals surface area contributed by atoms with Crippen LogP contribution in [0, 0.1) is 0 Å². The van der Waals surface area contributed by atoms with Crippen LogP contribution >= 0.6 is 11.8 Å². The Morgan fingerprint density at radius 3 is 2.39 bits per heavy atom. The fourth-order valence-corrected chi connectivity index (χ4v) is 3.55. The van der Waals surface area contributed by atoms with Gasteiger partial charge >= 0.3 is 0 Å². The number of thioether (sulfide) groups is 1. The number of hydrogen-bond acceptors (Lipinski definition) is 2. The number of hydrogen-bond donors (Lipinski definition) is 2. The maximum atomic E-state index is 4.58. The first kappa shape index (κ1) is 14.0. The molecule has 2 aliphatic rings. The van der Waals surface area contributed by atoms with E-state index in [4.69, 9.17) is 0 Å². The summed E-state index contributed by atoms with van der Waals surface area (Å²) >= 11 is 2.02. The zero-order chi connectivity index (χ0) is 12.8. The minimum absolute atomic E-state index is 0.620. The summed E-state index contributed by atoms with van der Waals surface area (Å²) in [4.78, 5) is 4.58. The second kappa shape index (κ2) is 7.27. The molecule has 0 saturated heterocycles. The van der Waals surface area contributed by atoms with Crippen LogP contribution in [0.5, 0.6) is 0 Å². The van der Waals surface area contributed by atoms with Crippen LogP contribution < -0.4 is 10.6 Å². The highest BCUT2D eigenvalue weighted by Gasteiger charge is 2.24. The average Bonchev–Trinajstić information content (AvgIpc) is 2.34. The molecule has 18 heavy (non-hydrogen) atoms. The van der Waals surface area contributed by atoms with Gasteiger partial charge < -0.3 is 10.6 Å². The van der Waals surface area contributed by atoms with E-state index in [-0.39, 0.29) is 0 Å². The first-order chi connectivity index (χ1) is 8.81. The molecule has 4 heteroatoms. The largest absolute Gasteiger partial charge is 0.354 e. The lowest BCUT2D eigenvalue weighted by atomic mass is 9.93. The summed E-state index contributed by atoms with van der Waals surface area (Å²) in [6.07, 6.45) is 11.5. The average molecular weight is 269 g/mol. The van der Waals surface area contributed by atoms with Crippen molar-refractivity contribution in [2.45, 2.75) is 69.2 Å². The van der Waals surface area contributed by atoms with E-state index in [2.05, 4.69) is 28.8 Å². The van der Waals surface area contributed by atoms with Crippen LogP contribution in [0.15, 0.2) is 4.99 Å². The first-order valence-corrected chi connectivity index (χ1v) is 8.71. The van der Waals surface area contributed by atoms with Gasteiger partial charge in [-0.15, -0.1) is 0 Å². The third-order valence-corrected chi connectivity index (χ3v) is 5.16. The quantitative estimate of drug-likeness (QED) is 0.608. The van der Waals surface area contributed by atoms with E-state index in [1.54, 1.807) is 0 Å². The Balaban J connectivity index is 1.81. The van der Waals surface area contributed by atoms with E-state index >= 15 is 0 Å². The molecule has 0 aromatic rings. The molecule has 0 spiro atoms. The predicted octanol–water partition coefficient (Wildman–Crippen LogP) is 2.77. The Labute approximate surface area is 116 Å². The Kier molecular flexibility index (Phi) is 5.67. The minimum Gasteiger partial charge on any atom is -0.354 e. The number of aliphatic imine (C=N–C) groups is 1. The molecule has 2 atom stereocenters. The third-order valence-electron chi connectivity index (χ3n) is 4.06. The van der Waals surface area contributed by atoms with E-state index in [1.165, 1.54) is 44.9 Å². The Bertz CT molecular complexity index is 276. The molecule has 0 radical (unpaired) electrons. The summed E-state index contributed by atoms with van der Waals surface area (Å²) in [6, 6.07) is 1.29. The summed E-state index contributed by atoms with van der Waals surface area (Å²) in [6.45, 7) is 2.97. The second-order valence-corrected chi connectivity index (χ2v) is 6.60. The lowest BCUT2D eigenvalue weighted by Gasteiger charge is -2.33. The van der Waals surface area contributed by atoms with Crippen molar-refractivity contribution in [2.75, 3.05) is 12.8 Å². The first-order valence-electron chi connectivity index (χ1n) is 7.42. The van der Waals surface area contributed by atoms with Crippen LogP contribution in [-0.4, -0.2) is 36.1 Å². The second-order valence-electron chi connectivity index (χ2n) is 5.46. The van der Waals surface area contributed by atoms with Crippen molar-refractivity contribution in [1.82, 2.24) is 10.6 Å². The molecule has 0 amide bonds. The maximum Gasteiger partial charge on any atom is 0.191 e. The van der Waals surface area contributed by atoms with Gasteiger partial charge in [0.2, 0.25) is 0 Å². The highest BCUT2D eigenvalue weighted by molar-refractivity contribution is 7.99. The molecule has 0 aromatic carbocycles. The molecule has 0 bridgehead atoms. The zero-order valence-electron chi connectivity index (χ0n) is 11.7. The monoisotopic (exact) mass is 269 g/mol. The summed E-state index contributed by atoms with van der Waals surface area (Å²) in [5, 5.41) is 8.05. The van der Waals surface area contributed by atoms with E-state index in [1.807, 2.05) is 11.8 Å². The van der Waals surface area contributed by atoms with Gasteiger partial charge in [0.05, 0.1) is 0 Å². The number of guanidine groups is 1. The van der Waals surface area contributed by atoms with E-state index in [0.29, 0.717) is 12.1 Å². The molecule has 2 fully saturated rings. The Morgan fingerprint density at radius 1 is 1.11 bits per heavy atom. The number of nitrogens with zero attached hydrogens (tertiary/aromatic N) is 1. The molecule has 3 nitrogen and oxygen atoms in total. The van der Waals surface area contributed by atoms with Crippen LogP contribution in [0.25, 0.3) is 0 Å². The molecular formula is C14H27N3S. The number of nitrogens with one attached hydrogen (secondary N) is 2. The lowest BCUT2D eigenvalue weighted by Crippen LogP contribution is -2.50. The van der Waals surface area contributed by atoms with Crippen molar-refractivity contribution in [3.05, 3.63) is 0 Å². The Morgan fingerprint density at radius 2 is 1.78 bits per heavy atom. The predicted molar refractivity (Wildman–Crippen MR) is 81.4 cm³/mol. The van der Waals surface area contributed by atoms with Crippen molar-refractivity contribution in [1.29, 1.82) is 0 Å².